The highest BCUT2D eigenvalue weighted by Gasteiger charge is 2.33. The van der Waals surface area contributed by atoms with Crippen LogP contribution in [0.15, 0.2) is 78.5 Å². The van der Waals surface area contributed by atoms with Crippen molar-refractivity contribution in [3.05, 3.63) is 95.5 Å². The molecule has 0 spiro atoms. The van der Waals surface area contributed by atoms with Crippen molar-refractivity contribution < 1.29 is 19.1 Å². The summed E-state index contributed by atoms with van der Waals surface area (Å²) in [6.07, 6.45) is 6.48. The molecule has 0 bridgehead atoms. The average Bonchev–Trinajstić information content (AvgIpc) is 2.75. The highest BCUT2D eigenvalue weighted by Crippen LogP contribution is 2.28. The SMILES string of the molecule is C[C@@H](Nc1ccc(F)cc1C(=O)O)C1=CC=CN2C(=O)C=C(c3ccccc3)NC12. The molecule has 0 saturated heterocycles. The molecule has 3 N–H and O–H groups in total. The summed E-state index contributed by atoms with van der Waals surface area (Å²) in [6, 6.07) is 12.8. The van der Waals surface area contributed by atoms with E-state index in [-0.39, 0.29) is 17.5 Å². The molecule has 152 valence electrons. The zero-order valence-electron chi connectivity index (χ0n) is 16.2. The van der Waals surface area contributed by atoms with E-state index in [1.807, 2.05) is 43.3 Å². The summed E-state index contributed by atoms with van der Waals surface area (Å²) in [5.41, 5.74) is 2.60. The van der Waals surface area contributed by atoms with Crippen LogP contribution in [0, 0.1) is 5.82 Å². The summed E-state index contributed by atoms with van der Waals surface area (Å²) in [7, 11) is 0. The topological polar surface area (TPSA) is 81.7 Å². The second kappa shape index (κ2) is 7.87. The third-order valence-corrected chi connectivity index (χ3v) is 5.11. The van der Waals surface area contributed by atoms with E-state index in [4.69, 9.17) is 0 Å². The maximum absolute atomic E-state index is 13.5. The van der Waals surface area contributed by atoms with Gasteiger partial charge in [0.2, 0.25) is 0 Å². The van der Waals surface area contributed by atoms with Crippen LogP contribution in [0.2, 0.25) is 0 Å². The van der Waals surface area contributed by atoms with Crippen LogP contribution in [-0.2, 0) is 4.79 Å². The number of aromatic carboxylic acids is 1. The molecule has 2 atom stereocenters. The molecule has 0 fully saturated rings. The van der Waals surface area contributed by atoms with Gasteiger partial charge in [-0.2, -0.15) is 0 Å². The molecule has 0 aliphatic carbocycles. The van der Waals surface area contributed by atoms with Gasteiger partial charge in [-0.25, -0.2) is 9.18 Å². The Hall–Kier alpha value is -3.87. The van der Waals surface area contributed by atoms with E-state index >= 15 is 0 Å². The van der Waals surface area contributed by atoms with E-state index in [1.165, 1.54) is 12.1 Å². The molecule has 30 heavy (non-hydrogen) atoms. The van der Waals surface area contributed by atoms with Gasteiger partial charge < -0.3 is 15.7 Å². The Morgan fingerprint density at radius 2 is 2.00 bits per heavy atom. The van der Waals surface area contributed by atoms with Gasteiger partial charge in [0.05, 0.1) is 5.56 Å². The normalized spacial score (nSPS) is 18.7. The standard InChI is InChI=1S/C23H20FN3O3/c1-14(25-19-10-9-16(24)12-18(19)23(29)30)17-8-5-11-27-21(28)13-20(26-22(17)27)15-6-3-2-4-7-15/h2-14,22,25-26H,1H3,(H,29,30)/t14-,22?/m1/s1. The molecule has 6 nitrogen and oxygen atoms in total. The van der Waals surface area contributed by atoms with Crippen LogP contribution in [0.3, 0.4) is 0 Å². The van der Waals surface area contributed by atoms with E-state index in [0.717, 1.165) is 17.2 Å². The van der Waals surface area contributed by atoms with Crippen molar-refractivity contribution in [3.8, 4) is 0 Å². The van der Waals surface area contributed by atoms with Crippen LogP contribution < -0.4 is 10.6 Å². The van der Waals surface area contributed by atoms with Crippen LogP contribution in [0.5, 0.6) is 0 Å². The molecule has 0 radical (unpaired) electrons. The smallest absolute Gasteiger partial charge is 0.337 e. The quantitative estimate of drug-likeness (QED) is 0.709. The highest BCUT2D eigenvalue weighted by molar-refractivity contribution is 5.98. The number of hydrogen-bond acceptors (Lipinski definition) is 4. The van der Waals surface area contributed by atoms with Gasteiger partial charge in [-0.15, -0.1) is 0 Å². The maximum atomic E-state index is 13.5. The van der Waals surface area contributed by atoms with Gasteiger partial charge in [-0.1, -0.05) is 36.4 Å². The number of carbonyl (C=O) groups excluding carboxylic acids is 1. The number of nitrogens with zero attached hydrogens (tertiary/aromatic N) is 1. The van der Waals surface area contributed by atoms with Crippen LogP contribution >= 0.6 is 0 Å². The fourth-order valence-electron chi connectivity index (χ4n) is 3.63. The van der Waals surface area contributed by atoms with Gasteiger partial charge in [0.25, 0.3) is 5.91 Å². The van der Waals surface area contributed by atoms with E-state index in [0.29, 0.717) is 11.4 Å². The van der Waals surface area contributed by atoms with Gasteiger partial charge in [0.1, 0.15) is 12.0 Å². The van der Waals surface area contributed by atoms with Crippen molar-refractivity contribution in [1.29, 1.82) is 0 Å². The highest BCUT2D eigenvalue weighted by atomic mass is 19.1. The molecule has 4 rings (SSSR count). The second-order valence-electron chi connectivity index (χ2n) is 7.09. The van der Waals surface area contributed by atoms with Crippen LogP contribution in [0.1, 0.15) is 22.8 Å². The lowest BCUT2D eigenvalue weighted by Crippen LogP contribution is -2.52. The number of carboxylic acid groups (broad SMARTS) is 1. The first-order valence-electron chi connectivity index (χ1n) is 9.47. The van der Waals surface area contributed by atoms with E-state index < -0.39 is 18.0 Å². The first kappa shape index (κ1) is 19.4. The van der Waals surface area contributed by atoms with E-state index in [1.54, 1.807) is 23.3 Å². The van der Waals surface area contributed by atoms with Crippen molar-refractivity contribution >= 4 is 23.3 Å². The maximum Gasteiger partial charge on any atom is 0.337 e. The number of carboxylic acids is 1. The first-order valence-corrected chi connectivity index (χ1v) is 9.47. The monoisotopic (exact) mass is 405 g/mol. The third-order valence-electron chi connectivity index (χ3n) is 5.11. The van der Waals surface area contributed by atoms with Crippen molar-refractivity contribution in [2.75, 3.05) is 5.32 Å². The van der Waals surface area contributed by atoms with Gasteiger partial charge >= 0.3 is 5.97 Å². The molecule has 2 aromatic carbocycles. The first-order chi connectivity index (χ1) is 14.4. The zero-order chi connectivity index (χ0) is 21.3. The van der Waals surface area contributed by atoms with Gasteiger partial charge in [0, 0.05) is 29.7 Å². The Morgan fingerprint density at radius 1 is 1.23 bits per heavy atom. The Kier molecular flexibility index (Phi) is 5.10. The fourth-order valence-corrected chi connectivity index (χ4v) is 3.63. The fraction of sp³-hybridized carbons (Fsp3) is 0.130. The minimum atomic E-state index is -1.22. The summed E-state index contributed by atoms with van der Waals surface area (Å²) in [4.78, 5) is 25.8. The number of hydrogen-bond donors (Lipinski definition) is 3. The largest absolute Gasteiger partial charge is 0.478 e. The number of fused-ring (bicyclic) bond motifs is 1. The molecule has 2 aromatic rings. The predicted molar refractivity (Wildman–Crippen MR) is 112 cm³/mol. The second-order valence-corrected chi connectivity index (χ2v) is 7.09. The molecule has 7 heteroatoms. The number of carbonyl (C=O) groups is 2. The molecule has 2 heterocycles. The van der Waals surface area contributed by atoms with Crippen molar-refractivity contribution in [1.82, 2.24) is 10.2 Å². The number of halogens is 1. The van der Waals surface area contributed by atoms with Gasteiger partial charge in [0.15, 0.2) is 0 Å². The number of nitrogens with one attached hydrogen (secondary N) is 2. The number of allylic oxidation sites excluding steroid dienone is 2. The lowest BCUT2D eigenvalue weighted by atomic mass is 9.98. The van der Waals surface area contributed by atoms with E-state index in [2.05, 4.69) is 10.6 Å². The number of benzene rings is 2. The van der Waals surface area contributed by atoms with E-state index in [9.17, 15) is 19.1 Å². The number of amides is 1. The zero-order valence-corrected chi connectivity index (χ0v) is 16.2. The van der Waals surface area contributed by atoms with Crippen molar-refractivity contribution in [3.63, 3.8) is 0 Å². The number of anilines is 1. The minimum absolute atomic E-state index is 0.150. The van der Waals surface area contributed by atoms with Gasteiger partial charge in [-0.05, 0) is 42.3 Å². The summed E-state index contributed by atoms with van der Waals surface area (Å²) in [5.74, 6) is -1.99. The Labute approximate surface area is 173 Å². The van der Waals surface area contributed by atoms with Crippen molar-refractivity contribution in [2.45, 2.75) is 19.1 Å². The number of rotatable bonds is 5. The van der Waals surface area contributed by atoms with Crippen LogP contribution in [0.25, 0.3) is 5.70 Å². The molecular formula is C23H20FN3O3. The Bertz CT molecular complexity index is 1090. The lowest BCUT2D eigenvalue weighted by Gasteiger charge is -2.39. The molecule has 1 unspecified atom stereocenters. The Balaban J connectivity index is 1.61. The molecule has 0 saturated carbocycles. The molecule has 2 aliphatic heterocycles. The summed E-state index contributed by atoms with van der Waals surface area (Å²) in [6.45, 7) is 1.87. The molecular weight excluding hydrogens is 385 g/mol. The molecule has 0 aromatic heterocycles. The lowest BCUT2D eigenvalue weighted by molar-refractivity contribution is -0.125. The predicted octanol–water partition coefficient (Wildman–Crippen LogP) is 3.58. The molecule has 1 amide bonds. The van der Waals surface area contributed by atoms with Gasteiger partial charge in [-0.3, -0.25) is 9.69 Å². The van der Waals surface area contributed by atoms with Crippen LogP contribution in [0.4, 0.5) is 10.1 Å². The Morgan fingerprint density at radius 3 is 2.73 bits per heavy atom. The van der Waals surface area contributed by atoms with Crippen LogP contribution in [-0.4, -0.2) is 34.1 Å². The minimum Gasteiger partial charge on any atom is -0.478 e. The average molecular weight is 405 g/mol. The summed E-state index contributed by atoms with van der Waals surface area (Å²) in [5, 5.41) is 15.9. The summed E-state index contributed by atoms with van der Waals surface area (Å²) < 4.78 is 13.5. The summed E-state index contributed by atoms with van der Waals surface area (Å²) >= 11 is 0. The third kappa shape index (κ3) is 3.69. The van der Waals surface area contributed by atoms with Crippen molar-refractivity contribution in [2.24, 2.45) is 0 Å². The molecule has 2 aliphatic rings.